The van der Waals surface area contributed by atoms with Crippen LogP contribution in [0.25, 0.3) is 0 Å². The molecule has 0 unspecified atom stereocenters. The van der Waals surface area contributed by atoms with Crippen molar-refractivity contribution in [3.05, 3.63) is 178 Å². The van der Waals surface area contributed by atoms with Gasteiger partial charge in [-0.05, 0) is 123 Å². The van der Waals surface area contributed by atoms with Crippen LogP contribution in [0, 0.1) is 13.8 Å². The summed E-state index contributed by atoms with van der Waals surface area (Å²) in [4.78, 5) is 81.3. The maximum Gasteiger partial charge on any atom is 0.266 e. The number of aryl methyl sites for hydroxylation is 2. The van der Waals surface area contributed by atoms with Crippen LogP contribution in [0.2, 0.25) is 0 Å². The Bertz CT molecular complexity index is 2400. The fourth-order valence-corrected chi connectivity index (χ4v) is 6.38. The number of carbonyl (C=O) groups excluding carboxylic acids is 6. The molecule has 8 rings (SSSR count). The van der Waals surface area contributed by atoms with E-state index in [4.69, 9.17) is 4.74 Å². The Morgan fingerprint density at radius 2 is 0.782 bits per heavy atom. The predicted octanol–water partition coefficient (Wildman–Crippen LogP) is 8.20. The first kappa shape index (κ1) is 34.4. The van der Waals surface area contributed by atoms with Crippen LogP contribution in [0.5, 0.6) is 11.5 Å². The third kappa shape index (κ3) is 6.51. The van der Waals surface area contributed by atoms with Gasteiger partial charge in [0.25, 0.3) is 35.4 Å². The van der Waals surface area contributed by atoms with Gasteiger partial charge in [-0.3, -0.25) is 28.8 Å². The van der Waals surface area contributed by atoms with Crippen LogP contribution in [-0.4, -0.2) is 35.4 Å². The van der Waals surface area contributed by atoms with Crippen LogP contribution < -0.4 is 25.2 Å². The number of fused-ring (bicyclic) bond motifs is 2. The molecular formula is C44H30N4O7. The van der Waals surface area contributed by atoms with E-state index >= 15 is 0 Å². The summed E-state index contributed by atoms with van der Waals surface area (Å²) in [6.45, 7) is 3.89. The SMILES string of the molecule is Cc1ccc(NC(=O)c2ccc3c(c2)C(=O)N(c2ccc(Oc4ccc(N5C(=O)c6ccc(C(=O)Nc7ccc(C)cc7)cc6C5=O)cc4)cc2)C3=O)cc1. The fraction of sp³-hybridized carbons (Fsp3) is 0.0455. The summed E-state index contributed by atoms with van der Waals surface area (Å²) in [5.74, 6) is -2.13. The van der Waals surface area contributed by atoms with Gasteiger partial charge in [-0.1, -0.05) is 35.4 Å². The van der Waals surface area contributed by atoms with Gasteiger partial charge < -0.3 is 15.4 Å². The van der Waals surface area contributed by atoms with E-state index in [0.717, 1.165) is 20.9 Å². The first-order chi connectivity index (χ1) is 26.5. The number of hydrogen-bond acceptors (Lipinski definition) is 7. The Morgan fingerprint density at radius 3 is 1.15 bits per heavy atom. The third-order valence-corrected chi connectivity index (χ3v) is 9.34. The Hall–Kier alpha value is -7.66. The molecule has 2 heterocycles. The van der Waals surface area contributed by atoms with Crippen molar-refractivity contribution in [1.82, 2.24) is 0 Å². The molecule has 0 saturated heterocycles. The lowest BCUT2D eigenvalue weighted by Gasteiger charge is -2.16. The molecule has 0 aliphatic carbocycles. The van der Waals surface area contributed by atoms with Gasteiger partial charge in [0.1, 0.15) is 11.5 Å². The van der Waals surface area contributed by atoms with Crippen molar-refractivity contribution in [3.63, 3.8) is 0 Å². The molecule has 0 radical (unpaired) electrons. The molecule has 0 saturated carbocycles. The van der Waals surface area contributed by atoms with Crippen molar-refractivity contribution in [2.24, 2.45) is 0 Å². The molecule has 6 aromatic carbocycles. The number of ether oxygens (including phenoxy) is 1. The van der Waals surface area contributed by atoms with Crippen molar-refractivity contribution in [2.45, 2.75) is 13.8 Å². The second-order valence-electron chi connectivity index (χ2n) is 13.1. The van der Waals surface area contributed by atoms with Crippen LogP contribution in [0.4, 0.5) is 22.7 Å². The monoisotopic (exact) mass is 726 g/mol. The molecule has 2 aliphatic rings. The van der Waals surface area contributed by atoms with Crippen LogP contribution in [0.15, 0.2) is 133 Å². The van der Waals surface area contributed by atoms with Gasteiger partial charge in [0, 0.05) is 22.5 Å². The van der Waals surface area contributed by atoms with Crippen molar-refractivity contribution in [1.29, 1.82) is 0 Å². The highest BCUT2D eigenvalue weighted by Crippen LogP contribution is 2.34. The first-order valence-corrected chi connectivity index (χ1v) is 17.2. The summed E-state index contributed by atoms with van der Waals surface area (Å²) < 4.78 is 5.97. The van der Waals surface area contributed by atoms with E-state index in [1.165, 1.54) is 36.4 Å². The zero-order chi connectivity index (χ0) is 38.4. The summed E-state index contributed by atoms with van der Waals surface area (Å²) in [6.07, 6.45) is 0. The molecule has 0 atom stereocenters. The topological polar surface area (TPSA) is 142 Å². The summed E-state index contributed by atoms with van der Waals surface area (Å²) >= 11 is 0. The number of anilines is 4. The normalized spacial score (nSPS) is 13.1. The number of amides is 6. The van der Waals surface area contributed by atoms with Gasteiger partial charge in [-0.25, -0.2) is 9.80 Å². The number of imide groups is 2. The average Bonchev–Trinajstić information content (AvgIpc) is 3.60. The number of carbonyl (C=O) groups is 6. The summed E-state index contributed by atoms with van der Waals surface area (Å²) in [5.41, 5.74) is 5.09. The van der Waals surface area contributed by atoms with E-state index in [0.29, 0.717) is 34.2 Å². The van der Waals surface area contributed by atoms with Gasteiger partial charge in [-0.2, -0.15) is 0 Å². The molecule has 11 heteroatoms. The molecule has 2 aliphatic heterocycles. The number of benzene rings is 6. The molecule has 11 nitrogen and oxygen atoms in total. The van der Waals surface area contributed by atoms with Crippen LogP contribution in [0.3, 0.4) is 0 Å². The zero-order valence-corrected chi connectivity index (χ0v) is 29.5. The lowest BCUT2D eigenvalue weighted by molar-refractivity contribution is 0.0910. The maximum atomic E-state index is 13.4. The molecular weight excluding hydrogens is 697 g/mol. The second-order valence-corrected chi connectivity index (χ2v) is 13.1. The van der Waals surface area contributed by atoms with Crippen molar-refractivity contribution >= 4 is 58.2 Å². The van der Waals surface area contributed by atoms with Gasteiger partial charge in [-0.15, -0.1) is 0 Å². The van der Waals surface area contributed by atoms with Crippen LogP contribution in [0.1, 0.15) is 73.3 Å². The first-order valence-electron chi connectivity index (χ1n) is 17.2. The Morgan fingerprint density at radius 1 is 0.436 bits per heavy atom. The molecule has 55 heavy (non-hydrogen) atoms. The predicted molar refractivity (Wildman–Crippen MR) is 206 cm³/mol. The van der Waals surface area contributed by atoms with Gasteiger partial charge in [0.15, 0.2) is 0 Å². The van der Waals surface area contributed by atoms with E-state index in [2.05, 4.69) is 10.6 Å². The van der Waals surface area contributed by atoms with Crippen molar-refractivity contribution in [2.75, 3.05) is 20.4 Å². The highest BCUT2D eigenvalue weighted by Gasteiger charge is 2.38. The van der Waals surface area contributed by atoms with E-state index in [9.17, 15) is 28.8 Å². The minimum Gasteiger partial charge on any atom is -0.457 e. The van der Waals surface area contributed by atoms with Gasteiger partial charge in [0.05, 0.1) is 33.6 Å². The van der Waals surface area contributed by atoms with Crippen LogP contribution >= 0.6 is 0 Å². The molecule has 6 amide bonds. The van der Waals surface area contributed by atoms with E-state index in [1.54, 1.807) is 72.8 Å². The van der Waals surface area contributed by atoms with Crippen molar-refractivity contribution in [3.8, 4) is 11.5 Å². The zero-order valence-electron chi connectivity index (χ0n) is 29.5. The van der Waals surface area contributed by atoms with Gasteiger partial charge >= 0.3 is 0 Å². The van der Waals surface area contributed by atoms with E-state index < -0.39 is 35.4 Å². The summed E-state index contributed by atoms with van der Waals surface area (Å²) in [6, 6.07) is 36.2. The highest BCUT2D eigenvalue weighted by atomic mass is 16.5. The highest BCUT2D eigenvalue weighted by molar-refractivity contribution is 6.35. The molecule has 2 N–H and O–H groups in total. The standard InChI is InChI=1S/C44H30N4O7/c1-25-3-9-29(10-4-25)45-39(49)27-7-21-35-37(23-27)43(53)47(41(35)51)31-13-17-33(18-14-31)55-34-19-15-32(16-20-34)48-42(52)36-22-8-28(24-38(36)44(48)54)40(50)46-30-11-5-26(2)6-12-30/h3-24H,1-2H3,(H,45,49)(H,46,50). The molecule has 6 aromatic rings. The number of hydrogen-bond donors (Lipinski definition) is 2. The lowest BCUT2D eigenvalue weighted by atomic mass is 10.1. The molecule has 0 fully saturated rings. The Balaban J connectivity index is 0.918. The minimum absolute atomic E-state index is 0.129. The number of nitrogens with zero attached hydrogens (tertiary/aromatic N) is 2. The van der Waals surface area contributed by atoms with E-state index in [-0.39, 0.29) is 33.4 Å². The average molecular weight is 727 g/mol. The lowest BCUT2D eigenvalue weighted by Crippen LogP contribution is -2.29. The third-order valence-electron chi connectivity index (χ3n) is 9.34. The second kappa shape index (κ2) is 13.7. The summed E-state index contributed by atoms with van der Waals surface area (Å²) in [5, 5.41) is 5.60. The number of nitrogens with one attached hydrogen (secondary N) is 2. The quantitative estimate of drug-likeness (QED) is 0.151. The smallest absolute Gasteiger partial charge is 0.266 e. The van der Waals surface area contributed by atoms with Crippen molar-refractivity contribution < 1.29 is 33.5 Å². The maximum absolute atomic E-state index is 13.4. The fourth-order valence-electron chi connectivity index (χ4n) is 6.38. The van der Waals surface area contributed by atoms with Gasteiger partial charge in [0.2, 0.25) is 0 Å². The molecule has 268 valence electrons. The molecule has 0 aromatic heterocycles. The number of rotatable bonds is 8. The Kier molecular flexibility index (Phi) is 8.59. The minimum atomic E-state index is -0.552. The largest absolute Gasteiger partial charge is 0.457 e. The Labute approximate surface area is 314 Å². The van der Waals surface area contributed by atoms with Crippen LogP contribution in [-0.2, 0) is 0 Å². The van der Waals surface area contributed by atoms with E-state index in [1.807, 2.05) is 38.1 Å². The molecule has 0 bridgehead atoms. The molecule has 0 spiro atoms. The summed E-state index contributed by atoms with van der Waals surface area (Å²) in [7, 11) is 0.